The van der Waals surface area contributed by atoms with Crippen LogP contribution in [0.15, 0.2) is 43.0 Å². The van der Waals surface area contributed by atoms with Gasteiger partial charge < -0.3 is 10.4 Å². The lowest BCUT2D eigenvalue weighted by Crippen LogP contribution is -2.23. The van der Waals surface area contributed by atoms with Crippen molar-refractivity contribution in [2.75, 3.05) is 0 Å². The molecular formula is C13H11N3O3. The molecule has 1 heterocycles. The third-order valence-electron chi connectivity index (χ3n) is 2.48. The van der Waals surface area contributed by atoms with E-state index in [2.05, 4.69) is 15.3 Å². The fourth-order valence-corrected chi connectivity index (χ4v) is 1.47. The second kappa shape index (κ2) is 5.72. The molecule has 0 spiro atoms. The first-order valence-electron chi connectivity index (χ1n) is 5.52. The van der Waals surface area contributed by atoms with E-state index in [1.807, 2.05) is 0 Å². The highest BCUT2D eigenvalue weighted by Crippen LogP contribution is 2.04. The summed E-state index contributed by atoms with van der Waals surface area (Å²) in [6.45, 7) is 0.313. The van der Waals surface area contributed by atoms with Crippen LogP contribution in [0, 0.1) is 0 Å². The molecule has 0 aliphatic rings. The van der Waals surface area contributed by atoms with Gasteiger partial charge in [-0.3, -0.25) is 4.79 Å². The lowest BCUT2D eigenvalue weighted by molar-refractivity contribution is 0.0696. The number of aromatic carboxylic acids is 1. The first-order chi connectivity index (χ1) is 9.16. The van der Waals surface area contributed by atoms with Crippen LogP contribution in [0.2, 0.25) is 0 Å². The summed E-state index contributed by atoms with van der Waals surface area (Å²) in [6.07, 6.45) is 4.20. The highest BCUT2D eigenvalue weighted by atomic mass is 16.4. The molecule has 6 nitrogen and oxygen atoms in total. The second-order valence-corrected chi connectivity index (χ2v) is 3.81. The lowest BCUT2D eigenvalue weighted by Gasteiger charge is -2.05. The summed E-state index contributed by atoms with van der Waals surface area (Å²) in [5, 5.41) is 11.5. The van der Waals surface area contributed by atoms with Crippen molar-refractivity contribution >= 4 is 11.9 Å². The molecule has 2 rings (SSSR count). The van der Waals surface area contributed by atoms with E-state index in [4.69, 9.17) is 5.11 Å². The molecule has 2 aromatic rings. The Morgan fingerprint density at radius 2 is 1.68 bits per heavy atom. The topological polar surface area (TPSA) is 92.2 Å². The van der Waals surface area contributed by atoms with E-state index >= 15 is 0 Å². The molecule has 1 amide bonds. The van der Waals surface area contributed by atoms with Crippen molar-refractivity contribution in [1.29, 1.82) is 0 Å². The van der Waals surface area contributed by atoms with E-state index in [1.165, 1.54) is 30.9 Å². The molecule has 6 heteroatoms. The molecule has 2 N–H and O–H groups in total. The van der Waals surface area contributed by atoms with Gasteiger partial charge in [-0.1, -0.05) is 12.1 Å². The van der Waals surface area contributed by atoms with Gasteiger partial charge in [-0.25, -0.2) is 14.8 Å². The van der Waals surface area contributed by atoms with Gasteiger partial charge in [0.05, 0.1) is 11.1 Å². The average Bonchev–Trinajstić information content (AvgIpc) is 2.46. The molecule has 1 aromatic carbocycles. The Morgan fingerprint density at radius 3 is 2.26 bits per heavy atom. The highest BCUT2D eigenvalue weighted by Gasteiger charge is 2.06. The van der Waals surface area contributed by atoms with Gasteiger partial charge in [0.25, 0.3) is 5.91 Å². The summed E-state index contributed by atoms with van der Waals surface area (Å²) in [7, 11) is 0. The van der Waals surface area contributed by atoms with Gasteiger partial charge in [0.1, 0.15) is 6.33 Å². The van der Waals surface area contributed by atoms with Crippen molar-refractivity contribution in [3.05, 3.63) is 59.7 Å². The van der Waals surface area contributed by atoms with E-state index < -0.39 is 5.97 Å². The van der Waals surface area contributed by atoms with Gasteiger partial charge in [-0.15, -0.1) is 0 Å². The molecule has 1 aromatic heterocycles. The van der Waals surface area contributed by atoms with Crippen molar-refractivity contribution in [3.8, 4) is 0 Å². The van der Waals surface area contributed by atoms with Crippen LogP contribution in [0.3, 0.4) is 0 Å². The molecule has 0 saturated carbocycles. The third kappa shape index (κ3) is 3.35. The zero-order chi connectivity index (χ0) is 13.7. The number of aromatic nitrogens is 2. The van der Waals surface area contributed by atoms with Gasteiger partial charge in [-0.05, 0) is 17.7 Å². The molecular weight excluding hydrogens is 246 g/mol. The van der Waals surface area contributed by atoms with Gasteiger partial charge in [0, 0.05) is 18.9 Å². The molecule has 0 saturated heterocycles. The first-order valence-corrected chi connectivity index (χ1v) is 5.52. The Kier molecular flexibility index (Phi) is 3.82. The van der Waals surface area contributed by atoms with E-state index in [1.54, 1.807) is 12.1 Å². The SMILES string of the molecule is O=C(O)c1ccc(CNC(=O)c2cncnc2)cc1. The molecule has 0 aliphatic heterocycles. The fourth-order valence-electron chi connectivity index (χ4n) is 1.47. The number of carboxylic acids is 1. The second-order valence-electron chi connectivity index (χ2n) is 3.81. The molecule has 96 valence electrons. The quantitative estimate of drug-likeness (QED) is 0.855. The largest absolute Gasteiger partial charge is 0.478 e. The normalized spacial score (nSPS) is 9.89. The Hall–Kier alpha value is -2.76. The molecule has 0 radical (unpaired) electrons. The van der Waals surface area contributed by atoms with E-state index in [0.717, 1.165) is 5.56 Å². The number of amides is 1. The number of nitrogens with zero attached hydrogens (tertiary/aromatic N) is 2. The Bertz CT molecular complexity index is 582. The standard InChI is InChI=1S/C13H11N3O3/c17-12(11-6-14-8-15-7-11)16-5-9-1-3-10(4-2-9)13(18)19/h1-4,6-8H,5H2,(H,16,17)(H,18,19). The van der Waals surface area contributed by atoms with E-state index in [9.17, 15) is 9.59 Å². The summed E-state index contributed by atoms with van der Waals surface area (Å²) in [4.78, 5) is 29.9. The Balaban J connectivity index is 1.95. The highest BCUT2D eigenvalue weighted by molar-refractivity contribution is 5.93. The zero-order valence-electron chi connectivity index (χ0n) is 9.91. The van der Waals surface area contributed by atoms with Crippen LogP contribution in [-0.4, -0.2) is 27.0 Å². The smallest absolute Gasteiger partial charge is 0.335 e. The number of hydrogen-bond donors (Lipinski definition) is 2. The third-order valence-corrected chi connectivity index (χ3v) is 2.48. The molecule has 0 bridgehead atoms. The predicted molar refractivity (Wildman–Crippen MR) is 66.6 cm³/mol. The minimum absolute atomic E-state index is 0.214. The van der Waals surface area contributed by atoms with Crippen LogP contribution in [-0.2, 0) is 6.54 Å². The molecule has 0 aliphatic carbocycles. The summed E-state index contributed by atoms with van der Waals surface area (Å²) >= 11 is 0. The van der Waals surface area contributed by atoms with Gasteiger partial charge in [0.2, 0.25) is 0 Å². The number of hydrogen-bond acceptors (Lipinski definition) is 4. The van der Waals surface area contributed by atoms with Crippen LogP contribution < -0.4 is 5.32 Å². The van der Waals surface area contributed by atoms with Crippen molar-refractivity contribution in [2.45, 2.75) is 6.54 Å². The Morgan fingerprint density at radius 1 is 1.05 bits per heavy atom. The van der Waals surface area contributed by atoms with Crippen molar-refractivity contribution < 1.29 is 14.7 Å². The van der Waals surface area contributed by atoms with Gasteiger partial charge in [0.15, 0.2) is 0 Å². The minimum atomic E-state index is -0.975. The van der Waals surface area contributed by atoms with Crippen molar-refractivity contribution in [2.24, 2.45) is 0 Å². The van der Waals surface area contributed by atoms with Gasteiger partial charge in [-0.2, -0.15) is 0 Å². The first kappa shape index (κ1) is 12.7. The Labute approximate surface area is 109 Å². The molecule has 0 unspecified atom stereocenters. The maximum Gasteiger partial charge on any atom is 0.335 e. The minimum Gasteiger partial charge on any atom is -0.478 e. The number of carbonyl (C=O) groups is 2. The monoisotopic (exact) mass is 257 g/mol. The summed E-state index contributed by atoms with van der Waals surface area (Å²) in [5.74, 6) is -1.25. The lowest BCUT2D eigenvalue weighted by atomic mass is 10.1. The van der Waals surface area contributed by atoms with Crippen LogP contribution in [0.25, 0.3) is 0 Å². The van der Waals surface area contributed by atoms with Crippen molar-refractivity contribution in [1.82, 2.24) is 15.3 Å². The van der Waals surface area contributed by atoms with Crippen LogP contribution >= 0.6 is 0 Å². The maximum atomic E-state index is 11.7. The van der Waals surface area contributed by atoms with Crippen molar-refractivity contribution in [3.63, 3.8) is 0 Å². The maximum absolute atomic E-state index is 11.7. The number of carbonyl (C=O) groups excluding carboxylic acids is 1. The summed E-state index contributed by atoms with van der Waals surface area (Å²) < 4.78 is 0. The average molecular weight is 257 g/mol. The molecule has 0 atom stereocenters. The molecule has 0 fully saturated rings. The van der Waals surface area contributed by atoms with Crippen LogP contribution in [0.5, 0.6) is 0 Å². The van der Waals surface area contributed by atoms with E-state index in [0.29, 0.717) is 12.1 Å². The number of nitrogens with one attached hydrogen (secondary N) is 1. The fraction of sp³-hybridized carbons (Fsp3) is 0.0769. The van der Waals surface area contributed by atoms with Gasteiger partial charge >= 0.3 is 5.97 Å². The van der Waals surface area contributed by atoms with Crippen LogP contribution in [0.4, 0.5) is 0 Å². The van der Waals surface area contributed by atoms with Crippen LogP contribution in [0.1, 0.15) is 26.3 Å². The zero-order valence-corrected chi connectivity index (χ0v) is 9.91. The predicted octanol–water partition coefficient (Wildman–Crippen LogP) is 1.10. The number of benzene rings is 1. The summed E-state index contributed by atoms with van der Waals surface area (Å²) in [5.41, 5.74) is 1.41. The number of carboxylic acid groups (broad SMARTS) is 1. The molecule has 19 heavy (non-hydrogen) atoms. The number of rotatable bonds is 4. The van der Waals surface area contributed by atoms with E-state index in [-0.39, 0.29) is 11.5 Å². The summed E-state index contributed by atoms with van der Waals surface area (Å²) in [6, 6.07) is 6.31.